The Hall–Kier alpha value is -1.94. The lowest BCUT2D eigenvalue weighted by atomic mass is 9.57. The summed E-state index contributed by atoms with van der Waals surface area (Å²) < 4.78 is 17.7. The first-order chi connectivity index (χ1) is 11.2. The van der Waals surface area contributed by atoms with Crippen LogP contribution in [-0.4, -0.2) is 40.0 Å². The Labute approximate surface area is 136 Å². The van der Waals surface area contributed by atoms with Crippen LogP contribution in [0.25, 0.3) is 0 Å². The van der Waals surface area contributed by atoms with Gasteiger partial charge in [0.1, 0.15) is 11.8 Å². The van der Waals surface area contributed by atoms with Crippen molar-refractivity contribution in [2.24, 2.45) is 0 Å². The molecule has 0 saturated carbocycles. The number of nitrogens with one attached hydrogen (secondary N) is 1. The fraction of sp³-hybridized carbons (Fsp3) is 0.474. The van der Waals surface area contributed by atoms with E-state index in [-0.39, 0.29) is 11.5 Å². The summed E-state index contributed by atoms with van der Waals surface area (Å²) in [5, 5.41) is 0. The molecule has 4 heteroatoms. The molecule has 1 spiro atoms. The molecule has 5 rings (SSSR count). The molecule has 2 bridgehead atoms. The molecule has 1 saturated heterocycles. The van der Waals surface area contributed by atoms with Crippen LogP contribution < -0.4 is 14.4 Å². The van der Waals surface area contributed by atoms with E-state index in [0.717, 1.165) is 36.6 Å². The van der Waals surface area contributed by atoms with Crippen molar-refractivity contribution >= 4 is 0 Å². The van der Waals surface area contributed by atoms with Crippen LogP contribution in [0.2, 0.25) is 0 Å². The maximum atomic E-state index is 6.47. The Kier molecular flexibility index (Phi) is 2.54. The van der Waals surface area contributed by atoms with E-state index in [4.69, 9.17) is 14.2 Å². The topological polar surface area (TPSA) is 32.1 Å². The van der Waals surface area contributed by atoms with Crippen LogP contribution in [0, 0.1) is 0 Å². The zero-order valence-corrected chi connectivity index (χ0v) is 13.8. The van der Waals surface area contributed by atoms with Crippen molar-refractivity contribution in [2.45, 2.75) is 30.4 Å². The predicted molar refractivity (Wildman–Crippen MR) is 86.1 cm³/mol. The molecular formula is C19H22NO3+. The maximum Gasteiger partial charge on any atom is 0.169 e. The van der Waals surface area contributed by atoms with Gasteiger partial charge in [-0.1, -0.05) is 12.1 Å². The van der Waals surface area contributed by atoms with E-state index in [1.165, 1.54) is 16.7 Å². The second kappa shape index (κ2) is 4.32. The summed E-state index contributed by atoms with van der Waals surface area (Å²) in [6.45, 7) is 1.16. The van der Waals surface area contributed by atoms with Crippen LogP contribution in [0.1, 0.15) is 17.5 Å². The molecule has 4 atom stereocenters. The quantitative estimate of drug-likeness (QED) is 0.884. The van der Waals surface area contributed by atoms with Crippen molar-refractivity contribution in [1.82, 2.24) is 0 Å². The van der Waals surface area contributed by atoms with Gasteiger partial charge in [0.2, 0.25) is 0 Å². The van der Waals surface area contributed by atoms with E-state index >= 15 is 0 Å². The highest BCUT2D eigenvalue weighted by molar-refractivity contribution is 5.67. The van der Waals surface area contributed by atoms with Gasteiger partial charge in [0.15, 0.2) is 17.6 Å². The van der Waals surface area contributed by atoms with Crippen molar-refractivity contribution in [3.8, 4) is 11.5 Å². The molecule has 1 N–H and O–H groups in total. The van der Waals surface area contributed by atoms with E-state index in [9.17, 15) is 0 Å². The maximum absolute atomic E-state index is 6.47. The van der Waals surface area contributed by atoms with Crippen LogP contribution in [-0.2, 0) is 16.6 Å². The van der Waals surface area contributed by atoms with Crippen molar-refractivity contribution in [3.05, 3.63) is 46.7 Å². The Morgan fingerprint density at radius 3 is 2.87 bits per heavy atom. The number of piperidine rings is 1. The van der Waals surface area contributed by atoms with Gasteiger partial charge < -0.3 is 19.1 Å². The lowest BCUT2D eigenvalue weighted by Crippen LogP contribution is -3.15. The highest BCUT2D eigenvalue weighted by Gasteiger charge is 2.63. The number of allylic oxidation sites excluding steroid dienone is 2. The number of benzene rings is 1. The third kappa shape index (κ3) is 1.41. The Morgan fingerprint density at radius 2 is 2.09 bits per heavy atom. The van der Waals surface area contributed by atoms with Gasteiger partial charge in [0.25, 0.3) is 0 Å². The lowest BCUT2D eigenvalue weighted by molar-refractivity contribution is -0.906. The standard InChI is InChI=1S/C19H21NO3/c1-20-9-8-19-12-5-7-15(22-3)18(19)23-17-14(21-2)6-4-11(16(17)19)10-13(12)20/h4-7,13,18H,8-10H2,1-3H3/p+1/t13-,18+,19+/m0/s1. The van der Waals surface area contributed by atoms with Gasteiger partial charge in [0, 0.05) is 24.0 Å². The van der Waals surface area contributed by atoms with Crippen molar-refractivity contribution in [3.63, 3.8) is 0 Å². The summed E-state index contributed by atoms with van der Waals surface area (Å²) in [6, 6.07) is 4.83. The molecule has 2 aliphatic heterocycles. The molecule has 2 aliphatic carbocycles. The summed E-state index contributed by atoms with van der Waals surface area (Å²) in [5.41, 5.74) is 4.25. The van der Waals surface area contributed by atoms with Gasteiger partial charge >= 0.3 is 0 Å². The monoisotopic (exact) mass is 312 g/mol. The summed E-state index contributed by atoms with van der Waals surface area (Å²) in [7, 11) is 5.77. The smallest absolute Gasteiger partial charge is 0.169 e. The number of hydrogen-bond acceptors (Lipinski definition) is 3. The number of likely N-dealkylation sites (N-methyl/N-ethyl adjacent to an activating group) is 1. The Balaban J connectivity index is 1.84. The number of methoxy groups -OCH3 is 2. The third-order valence-corrected chi connectivity index (χ3v) is 6.30. The van der Waals surface area contributed by atoms with Crippen molar-refractivity contribution in [2.75, 3.05) is 27.8 Å². The average molecular weight is 312 g/mol. The van der Waals surface area contributed by atoms with Gasteiger partial charge in [-0.3, -0.25) is 0 Å². The van der Waals surface area contributed by atoms with Crippen molar-refractivity contribution < 1.29 is 19.1 Å². The first-order valence-corrected chi connectivity index (χ1v) is 8.36. The van der Waals surface area contributed by atoms with Gasteiger partial charge in [-0.05, 0) is 17.7 Å². The van der Waals surface area contributed by atoms with E-state index in [2.05, 4.69) is 31.3 Å². The normalized spacial score (nSPS) is 35.7. The molecule has 0 radical (unpaired) electrons. The minimum Gasteiger partial charge on any atom is -0.497 e. The van der Waals surface area contributed by atoms with Gasteiger partial charge in [-0.2, -0.15) is 0 Å². The molecule has 0 aromatic heterocycles. The zero-order valence-electron chi connectivity index (χ0n) is 13.8. The molecule has 23 heavy (non-hydrogen) atoms. The Morgan fingerprint density at radius 1 is 1.22 bits per heavy atom. The first kappa shape index (κ1) is 13.5. The number of hydrogen-bond donors (Lipinski definition) is 1. The van der Waals surface area contributed by atoms with Crippen LogP contribution in [0.3, 0.4) is 0 Å². The SMILES string of the molecule is COC1=CC=C2[C@@H]3Cc4ccc(OC)c5c4[C@]2(CC[NH+]3C)[C@@H]1O5. The molecule has 4 nitrogen and oxygen atoms in total. The van der Waals surface area contributed by atoms with E-state index in [1.807, 2.05) is 0 Å². The van der Waals surface area contributed by atoms with E-state index in [0.29, 0.717) is 6.04 Å². The summed E-state index contributed by atoms with van der Waals surface area (Å²) in [5.74, 6) is 2.70. The summed E-state index contributed by atoms with van der Waals surface area (Å²) in [4.78, 5) is 1.60. The van der Waals surface area contributed by atoms with Gasteiger partial charge in [-0.15, -0.1) is 0 Å². The number of likely N-dealkylation sites (tertiary alicyclic amines) is 1. The highest BCUT2D eigenvalue weighted by atomic mass is 16.6. The number of rotatable bonds is 2. The third-order valence-electron chi connectivity index (χ3n) is 6.30. The molecular weight excluding hydrogens is 290 g/mol. The Bertz CT molecular complexity index is 766. The summed E-state index contributed by atoms with van der Waals surface area (Å²) >= 11 is 0. The van der Waals surface area contributed by atoms with Gasteiger partial charge in [0.05, 0.1) is 33.2 Å². The molecule has 2 heterocycles. The molecule has 4 aliphatic rings. The van der Waals surface area contributed by atoms with Crippen LogP contribution in [0.5, 0.6) is 11.5 Å². The van der Waals surface area contributed by atoms with Crippen LogP contribution >= 0.6 is 0 Å². The zero-order chi connectivity index (χ0) is 15.8. The number of quaternary nitrogens is 1. The van der Waals surface area contributed by atoms with Crippen LogP contribution in [0.15, 0.2) is 35.6 Å². The largest absolute Gasteiger partial charge is 0.497 e. The van der Waals surface area contributed by atoms with Crippen LogP contribution in [0.4, 0.5) is 0 Å². The second-order valence-electron chi connectivity index (χ2n) is 7.10. The predicted octanol–water partition coefficient (Wildman–Crippen LogP) is 1.01. The minimum atomic E-state index is -0.0538. The highest BCUT2D eigenvalue weighted by Crippen LogP contribution is 2.60. The molecule has 1 aromatic carbocycles. The van der Waals surface area contributed by atoms with Gasteiger partial charge in [-0.25, -0.2) is 0 Å². The fourth-order valence-corrected chi connectivity index (χ4v) is 5.24. The van der Waals surface area contributed by atoms with E-state index < -0.39 is 0 Å². The average Bonchev–Trinajstić information content (AvgIpc) is 2.92. The van der Waals surface area contributed by atoms with Crippen molar-refractivity contribution in [1.29, 1.82) is 0 Å². The summed E-state index contributed by atoms with van der Waals surface area (Å²) in [6.07, 6.45) is 6.53. The molecule has 0 amide bonds. The fourth-order valence-electron chi connectivity index (χ4n) is 5.24. The second-order valence-corrected chi connectivity index (χ2v) is 7.10. The van der Waals surface area contributed by atoms with E-state index in [1.54, 1.807) is 19.1 Å². The molecule has 1 aromatic rings. The molecule has 1 unspecified atom stereocenters. The lowest BCUT2D eigenvalue weighted by Gasteiger charge is -2.50. The number of ether oxygens (including phenoxy) is 3. The first-order valence-electron chi connectivity index (χ1n) is 8.36. The molecule has 120 valence electrons. The minimum absolute atomic E-state index is 0.0477. The molecule has 1 fully saturated rings.